The number of likely N-dealkylation sites (tertiary alicyclic amines) is 1. The third-order valence-corrected chi connectivity index (χ3v) is 3.21. The smallest absolute Gasteiger partial charge is 0.223 e. The highest BCUT2D eigenvalue weighted by Crippen LogP contribution is 2.23. The average Bonchev–Trinajstić information content (AvgIpc) is 2.25. The summed E-state index contributed by atoms with van der Waals surface area (Å²) >= 11 is 0. The zero-order valence-electron chi connectivity index (χ0n) is 11.4. The molecule has 4 heteroatoms. The molecule has 0 aromatic rings. The van der Waals surface area contributed by atoms with E-state index in [9.17, 15) is 4.79 Å². The molecule has 1 aliphatic rings. The van der Waals surface area contributed by atoms with Gasteiger partial charge in [-0.15, -0.1) is 0 Å². The van der Waals surface area contributed by atoms with Gasteiger partial charge in [-0.1, -0.05) is 32.9 Å². The van der Waals surface area contributed by atoms with Crippen LogP contribution < -0.4 is 0 Å². The molecule has 0 saturated carbocycles. The molecule has 1 aliphatic heterocycles. The summed E-state index contributed by atoms with van der Waals surface area (Å²) in [6.07, 6.45) is 2.19. The average molecular weight is 240 g/mol. The van der Waals surface area contributed by atoms with E-state index in [-0.39, 0.29) is 17.2 Å². The van der Waals surface area contributed by atoms with Crippen LogP contribution in [0.5, 0.6) is 0 Å². The third kappa shape index (κ3) is 4.02. The fourth-order valence-corrected chi connectivity index (χ4v) is 2.20. The van der Waals surface area contributed by atoms with Crippen molar-refractivity contribution in [3.8, 4) is 0 Å². The number of carbonyl (C=O) groups is 1. The second-order valence-corrected chi connectivity index (χ2v) is 6.02. The number of nitrogens with zero attached hydrogens (tertiary/aromatic N) is 2. The van der Waals surface area contributed by atoms with Crippen molar-refractivity contribution >= 4 is 11.6 Å². The Morgan fingerprint density at radius 1 is 1.53 bits per heavy atom. The van der Waals surface area contributed by atoms with E-state index < -0.39 is 0 Å². The van der Waals surface area contributed by atoms with Gasteiger partial charge in [0.1, 0.15) is 0 Å². The van der Waals surface area contributed by atoms with Crippen LogP contribution in [0.2, 0.25) is 0 Å². The molecule has 1 fully saturated rings. The highest BCUT2D eigenvalue weighted by Gasteiger charge is 2.29. The van der Waals surface area contributed by atoms with Gasteiger partial charge in [0.2, 0.25) is 5.91 Å². The summed E-state index contributed by atoms with van der Waals surface area (Å²) in [6, 6.07) is 0. The molecule has 0 spiro atoms. The van der Waals surface area contributed by atoms with Crippen molar-refractivity contribution in [2.24, 2.45) is 16.5 Å². The normalized spacial score (nSPS) is 24.1. The molecule has 1 heterocycles. The summed E-state index contributed by atoms with van der Waals surface area (Å²) < 4.78 is 0. The van der Waals surface area contributed by atoms with Gasteiger partial charge >= 0.3 is 0 Å². The fraction of sp³-hybridized carbons (Fsp3) is 0.846. The molecule has 0 aromatic carbocycles. The molecular formula is C13H24N2O2. The Kier molecular flexibility index (Phi) is 4.54. The molecule has 0 radical (unpaired) electrons. The van der Waals surface area contributed by atoms with E-state index >= 15 is 0 Å². The number of hydrogen-bond acceptors (Lipinski definition) is 3. The van der Waals surface area contributed by atoms with E-state index in [2.05, 4.69) is 32.9 Å². The van der Waals surface area contributed by atoms with Crippen LogP contribution in [-0.2, 0) is 4.79 Å². The minimum Gasteiger partial charge on any atom is -0.411 e. The largest absolute Gasteiger partial charge is 0.411 e. The van der Waals surface area contributed by atoms with Gasteiger partial charge in [0.25, 0.3) is 0 Å². The Balaban J connectivity index is 2.61. The highest BCUT2D eigenvalue weighted by atomic mass is 16.4. The van der Waals surface area contributed by atoms with Crippen molar-refractivity contribution in [1.82, 2.24) is 4.90 Å². The van der Waals surface area contributed by atoms with E-state index in [4.69, 9.17) is 5.21 Å². The first kappa shape index (κ1) is 14.0. The molecule has 0 aromatic heterocycles. The third-order valence-electron chi connectivity index (χ3n) is 3.21. The second-order valence-electron chi connectivity index (χ2n) is 6.02. The van der Waals surface area contributed by atoms with E-state index in [0.717, 1.165) is 12.1 Å². The summed E-state index contributed by atoms with van der Waals surface area (Å²) in [5.74, 6) is 0.436. The number of hydrogen-bond donors (Lipinski definition) is 1. The predicted octanol–water partition coefficient (Wildman–Crippen LogP) is 2.51. The van der Waals surface area contributed by atoms with Crippen LogP contribution in [0.4, 0.5) is 0 Å². The molecule has 0 aliphatic carbocycles. The lowest BCUT2D eigenvalue weighted by Crippen LogP contribution is -2.44. The molecule has 1 amide bonds. The lowest BCUT2D eigenvalue weighted by molar-refractivity contribution is -0.133. The SMILES string of the molecule is CCC1CN(C(=O)CC(C)(C)C)CCC1=NO. The quantitative estimate of drug-likeness (QED) is 0.595. The maximum atomic E-state index is 12.1. The molecule has 98 valence electrons. The zero-order valence-corrected chi connectivity index (χ0v) is 11.4. The van der Waals surface area contributed by atoms with Gasteiger partial charge in [-0.05, 0) is 11.8 Å². The first-order valence-corrected chi connectivity index (χ1v) is 6.36. The van der Waals surface area contributed by atoms with Gasteiger partial charge in [0, 0.05) is 31.8 Å². The second kappa shape index (κ2) is 5.52. The van der Waals surface area contributed by atoms with Crippen molar-refractivity contribution in [3.63, 3.8) is 0 Å². The number of amides is 1. The highest BCUT2D eigenvalue weighted by molar-refractivity contribution is 5.89. The van der Waals surface area contributed by atoms with Crippen molar-refractivity contribution in [2.45, 2.75) is 47.0 Å². The molecule has 17 heavy (non-hydrogen) atoms. The van der Waals surface area contributed by atoms with Gasteiger partial charge in [-0.2, -0.15) is 0 Å². The Bertz CT molecular complexity index is 305. The monoisotopic (exact) mass is 240 g/mol. The summed E-state index contributed by atoms with van der Waals surface area (Å²) in [5, 5.41) is 12.2. The van der Waals surface area contributed by atoms with Gasteiger partial charge in [0.15, 0.2) is 0 Å². The van der Waals surface area contributed by atoms with Crippen molar-refractivity contribution < 1.29 is 10.0 Å². The molecule has 1 rings (SSSR count). The van der Waals surface area contributed by atoms with Crippen LogP contribution in [0.1, 0.15) is 47.0 Å². The van der Waals surface area contributed by atoms with Crippen LogP contribution in [0, 0.1) is 11.3 Å². The summed E-state index contributed by atoms with van der Waals surface area (Å²) in [6.45, 7) is 9.68. The number of rotatable bonds is 2. The lowest BCUT2D eigenvalue weighted by Gasteiger charge is -2.34. The van der Waals surface area contributed by atoms with E-state index in [1.807, 2.05) is 4.90 Å². The van der Waals surface area contributed by atoms with Crippen molar-refractivity contribution in [3.05, 3.63) is 0 Å². The molecule has 1 saturated heterocycles. The minimum atomic E-state index is 0.0319. The number of piperidine rings is 1. The van der Waals surface area contributed by atoms with Gasteiger partial charge in [-0.3, -0.25) is 4.79 Å². The van der Waals surface area contributed by atoms with Crippen molar-refractivity contribution in [2.75, 3.05) is 13.1 Å². The Morgan fingerprint density at radius 2 is 2.18 bits per heavy atom. The maximum Gasteiger partial charge on any atom is 0.223 e. The molecule has 1 N–H and O–H groups in total. The van der Waals surface area contributed by atoms with Crippen LogP contribution >= 0.6 is 0 Å². The Morgan fingerprint density at radius 3 is 2.65 bits per heavy atom. The Hall–Kier alpha value is -1.06. The first-order chi connectivity index (χ1) is 7.87. The van der Waals surface area contributed by atoms with Crippen LogP contribution in [-0.4, -0.2) is 34.8 Å². The predicted molar refractivity (Wildman–Crippen MR) is 68.3 cm³/mol. The van der Waals surface area contributed by atoms with E-state index in [1.54, 1.807) is 0 Å². The van der Waals surface area contributed by atoms with Crippen LogP contribution in [0.25, 0.3) is 0 Å². The maximum absolute atomic E-state index is 12.1. The fourth-order valence-electron chi connectivity index (χ4n) is 2.20. The summed E-state index contributed by atoms with van der Waals surface area (Å²) in [5.41, 5.74) is 0.872. The number of oxime groups is 1. The first-order valence-electron chi connectivity index (χ1n) is 6.36. The summed E-state index contributed by atoms with van der Waals surface area (Å²) in [7, 11) is 0. The standard InChI is InChI=1S/C13H24N2O2/c1-5-10-9-15(7-6-11(10)14-17)12(16)8-13(2,3)4/h10,17H,5-9H2,1-4H3. The lowest BCUT2D eigenvalue weighted by atomic mass is 9.89. The van der Waals surface area contributed by atoms with E-state index in [1.165, 1.54) is 0 Å². The minimum absolute atomic E-state index is 0.0319. The molecule has 0 bridgehead atoms. The van der Waals surface area contributed by atoms with Crippen LogP contribution in [0.15, 0.2) is 5.16 Å². The molecular weight excluding hydrogens is 216 g/mol. The number of carbonyl (C=O) groups excluding carboxylic acids is 1. The molecule has 4 nitrogen and oxygen atoms in total. The molecule has 1 atom stereocenters. The zero-order chi connectivity index (χ0) is 13.1. The van der Waals surface area contributed by atoms with Gasteiger partial charge in [0.05, 0.1) is 5.71 Å². The van der Waals surface area contributed by atoms with Crippen LogP contribution in [0.3, 0.4) is 0 Å². The van der Waals surface area contributed by atoms with Gasteiger partial charge < -0.3 is 10.1 Å². The molecule has 1 unspecified atom stereocenters. The topological polar surface area (TPSA) is 52.9 Å². The Labute approximate surface area is 104 Å². The van der Waals surface area contributed by atoms with E-state index in [0.29, 0.717) is 25.9 Å². The summed E-state index contributed by atoms with van der Waals surface area (Å²) in [4.78, 5) is 14.0. The van der Waals surface area contributed by atoms with Crippen molar-refractivity contribution in [1.29, 1.82) is 0 Å². The van der Waals surface area contributed by atoms with Gasteiger partial charge in [-0.25, -0.2) is 0 Å².